The highest BCUT2D eigenvalue weighted by Crippen LogP contribution is 2.28. The molecule has 1 fully saturated rings. The summed E-state index contributed by atoms with van der Waals surface area (Å²) in [5, 5.41) is 8.94. The summed E-state index contributed by atoms with van der Waals surface area (Å²) in [6.07, 6.45) is 4.55. The molecule has 0 bridgehead atoms. The van der Waals surface area contributed by atoms with Crippen LogP contribution in [0.1, 0.15) is 12.8 Å². The highest BCUT2D eigenvalue weighted by molar-refractivity contribution is 7.90. The molecule has 0 radical (unpaired) electrons. The van der Waals surface area contributed by atoms with E-state index in [4.69, 9.17) is 5.11 Å². The number of aromatic nitrogens is 1. The molecule has 1 atom stereocenters. The van der Waals surface area contributed by atoms with E-state index in [9.17, 15) is 8.42 Å². The zero-order valence-electron chi connectivity index (χ0n) is 10.4. The maximum absolute atomic E-state index is 11.7. The van der Waals surface area contributed by atoms with Crippen LogP contribution in [0.15, 0.2) is 23.2 Å². The SMILES string of the molecule is CS(=O)(=O)c1cccnc1N1CCC(CCO)C1. The van der Waals surface area contributed by atoms with E-state index in [0.29, 0.717) is 11.7 Å². The van der Waals surface area contributed by atoms with E-state index in [2.05, 4.69) is 4.98 Å². The monoisotopic (exact) mass is 270 g/mol. The molecular weight excluding hydrogens is 252 g/mol. The number of aliphatic hydroxyl groups excluding tert-OH is 1. The molecule has 0 spiro atoms. The van der Waals surface area contributed by atoms with Gasteiger partial charge in [0.2, 0.25) is 0 Å². The fourth-order valence-electron chi connectivity index (χ4n) is 2.35. The van der Waals surface area contributed by atoms with Crippen molar-refractivity contribution in [2.75, 3.05) is 30.9 Å². The Balaban J connectivity index is 2.25. The van der Waals surface area contributed by atoms with Gasteiger partial charge in [0.05, 0.1) is 0 Å². The molecular formula is C12H18N2O3S. The highest BCUT2D eigenvalue weighted by atomic mass is 32.2. The molecule has 0 aromatic carbocycles. The first-order valence-electron chi connectivity index (χ1n) is 6.03. The van der Waals surface area contributed by atoms with Crippen LogP contribution in [0.25, 0.3) is 0 Å². The van der Waals surface area contributed by atoms with E-state index >= 15 is 0 Å². The Morgan fingerprint density at radius 3 is 3.00 bits per heavy atom. The first-order chi connectivity index (χ1) is 8.52. The zero-order chi connectivity index (χ0) is 13.2. The van der Waals surface area contributed by atoms with Gasteiger partial charge in [-0.25, -0.2) is 13.4 Å². The average Bonchev–Trinajstić information content (AvgIpc) is 2.77. The quantitative estimate of drug-likeness (QED) is 0.872. The number of sulfone groups is 1. The van der Waals surface area contributed by atoms with Crippen molar-refractivity contribution in [3.63, 3.8) is 0 Å². The second-order valence-electron chi connectivity index (χ2n) is 4.71. The standard InChI is InChI=1S/C12H18N2O3S/c1-18(16,17)11-3-2-6-13-12(11)14-7-4-10(9-14)5-8-15/h2-3,6,10,15H,4-5,7-9H2,1H3. The lowest BCUT2D eigenvalue weighted by Gasteiger charge is -2.19. The van der Waals surface area contributed by atoms with Crippen LogP contribution in [0.2, 0.25) is 0 Å². The summed E-state index contributed by atoms with van der Waals surface area (Å²) in [4.78, 5) is 6.49. The van der Waals surface area contributed by atoms with Crippen LogP contribution in [0, 0.1) is 5.92 Å². The maximum Gasteiger partial charge on any atom is 0.179 e. The maximum atomic E-state index is 11.7. The number of nitrogens with zero attached hydrogens (tertiary/aromatic N) is 2. The molecule has 1 aromatic heterocycles. The molecule has 1 unspecified atom stereocenters. The Hall–Kier alpha value is -1.14. The topological polar surface area (TPSA) is 70.5 Å². The predicted octanol–water partition coefficient (Wildman–Crippen LogP) is 0.694. The van der Waals surface area contributed by atoms with Crippen LogP contribution in [0.4, 0.5) is 5.82 Å². The van der Waals surface area contributed by atoms with Crippen molar-refractivity contribution in [1.82, 2.24) is 4.98 Å². The van der Waals surface area contributed by atoms with Gasteiger partial charge >= 0.3 is 0 Å². The van der Waals surface area contributed by atoms with Crippen molar-refractivity contribution in [3.05, 3.63) is 18.3 Å². The fraction of sp³-hybridized carbons (Fsp3) is 0.583. The number of pyridine rings is 1. The van der Waals surface area contributed by atoms with Crippen LogP contribution in [0.5, 0.6) is 0 Å². The third kappa shape index (κ3) is 2.81. The molecule has 2 rings (SSSR count). The number of anilines is 1. The number of hydrogen-bond acceptors (Lipinski definition) is 5. The first kappa shape index (κ1) is 13.3. The summed E-state index contributed by atoms with van der Waals surface area (Å²) in [5.74, 6) is 0.963. The van der Waals surface area contributed by atoms with Gasteiger partial charge in [-0.1, -0.05) is 0 Å². The van der Waals surface area contributed by atoms with Gasteiger partial charge < -0.3 is 10.0 Å². The van der Waals surface area contributed by atoms with Crippen LogP contribution < -0.4 is 4.90 Å². The summed E-state index contributed by atoms with van der Waals surface area (Å²) in [5.41, 5.74) is 0. The smallest absolute Gasteiger partial charge is 0.179 e. The summed E-state index contributed by atoms with van der Waals surface area (Å²) in [7, 11) is -3.25. The van der Waals surface area contributed by atoms with Crippen LogP contribution >= 0.6 is 0 Å². The zero-order valence-corrected chi connectivity index (χ0v) is 11.2. The predicted molar refractivity (Wildman–Crippen MR) is 69.4 cm³/mol. The second-order valence-corrected chi connectivity index (χ2v) is 6.69. The van der Waals surface area contributed by atoms with Gasteiger partial charge in [0.25, 0.3) is 0 Å². The molecule has 0 aliphatic carbocycles. The lowest BCUT2D eigenvalue weighted by Crippen LogP contribution is -2.23. The van der Waals surface area contributed by atoms with E-state index in [1.807, 2.05) is 4.90 Å². The molecule has 1 N–H and O–H groups in total. The van der Waals surface area contributed by atoms with Gasteiger partial charge in [-0.3, -0.25) is 0 Å². The Kier molecular flexibility index (Phi) is 3.87. The van der Waals surface area contributed by atoms with Crippen molar-refractivity contribution in [3.8, 4) is 0 Å². The van der Waals surface area contributed by atoms with Crippen molar-refractivity contribution < 1.29 is 13.5 Å². The van der Waals surface area contributed by atoms with Crippen LogP contribution in [-0.2, 0) is 9.84 Å². The minimum atomic E-state index is -3.25. The molecule has 1 aromatic rings. The van der Waals surface area contributed by atoms with Crippen molar-refractivity contribution in [2.24, 2.45) is 5.92 Å². The Morgan fingerprint density at radius 1 is 1.56 bits per heavy atom. The van der Waals surface area contributed by atoms with Crippen molar-refractivity contribution >= 4 is 15.7 Å². The number of hydrogen-bond donors (Lipinski definition) is 1. The largest absolute Gasteiger partial charge is 0.396 e. The summed E-state index contributed by atoms with van der Waals surface area (Å²) < 4.78 is 23.4. The number of rotatable bonds is 4. The summed E-state index contributed by atoms with van der Waals surface area (Å²) in [6, 6.07) is 3.23. The molecule has 6 heteroatoms. The molecule has 5 nitrogen and oxygen atoms in total. The van der Waals surface area contributed by atoms with Gasteiger partial charge in [-0.15, -0.1) is 0 Å². The van der Waals surface area contributed by atoms with Gasteiger partial charge in [-0.05, 0) is 30.9 Å². The minimum Gasteiger partial charge on any atom is -0.396 e. The highest BCUT2D eigenvalue weighted by Gasteiger charge is 2.26. The number of aliphatic hydroxyl groups is 1. The second kappa shape index (κ2) is 5.24. The van der Waals surface area contributed by atoms with Gasteiger partial charge in [0.15, 0.2) is 9.84 Å². The van der Waals surface area contributed by atoms with Gasteiger partial charge in [-0.2, -0.15) is 0 Å². The molecule has 2 heterocycles. The van der Waals surface area contributed by atoms with E-state index in [-0.39, 0.29) is 11.5 Å². The molecule has 100 valence electrons. The molecule has 1 saturated heterocycles. The molecule has 1 aliphatic heterocycles. The molecule has 0 amide bonds. The fourth-order valence-corrected chi connectivity index (χ4v) is 3.19. The lowest BCUT2D eigenvalue weighted by molar-refractivity contribution is 0.263. The van der Waals surface area contributed by atoms with Gasteiger partial charge in [0.1, 0.15) is 10.7 Å². The van der Waals surface area contributed by atoms with E-state index in [1.54, 1.807) is 18.3 Å². The Morgan fingerprint density at radius 2 is 2.33 bits per heavy atom. The lowest BCUT2D eigenvalue weighted by atomic mass is 10.1. The van der Waals surface area contributed by atoms with Crippen LogP contribution in [0.3, 0.4) is 0 Å². The van der Waals surface area contributed by atoms with E-state index < -0.39 is 9.84 Å². The average molecular weight is 270 g/mol. The van der Waals surface area contributed by atoms with Crippen molar-refractivity contribution in [1.29, 1.82) is 0 Å². The normalized spacial score (nSPS) is 20.3. The van der Waals surface area contributed by atoms with Crippen molar-refractivity contribution in [2.45, 2.75) is 17.7 Å². The van der Waals surface area contributed by atoms with E-state index in [0.717, 1.165) is 25.9 Å². The Bertz CT molecular complexity index is 516. The molecule has 0 saturated carbocycles. The third-order valence-electron chi connectivity index (χ3n) is 3.27. The first-order valence-corrected chi connectivity index (χ1v) is 7.92. The summed E-state index contributed by atoms with van der Waals surface area (Å²) in [6.45, 7) is 1.74. The summed E-state index contributed by atoms with van der Waals surface area (Å²) >= 11 is 0. The minimum absolute atomic E-state index is 0.180. The van der Waals surface area contributed by atoms with Gasteiger partial charge in [0, 0.05) is 32.1 Å². The molecule has 1 aliphatic rings. The third-order valence-corrected chi connectivity index (χ3v) is 4.39. The van der Waals surface area contributed by atoms with Crippen LogP contribution in [-0.4, -0.2) is 44.5 Å². The Labute approximate surface area is 107 Å². The molecule has 18 heavy (non-hydrogen) atoms. The van der Waals surface area contributed by atoms with E-state index in [1.165, 1.54) is 6.26 Å².